The summed E-state index contributed by atoms with van der Waals surface area (Å²) in [5.74, 6) is 0.574. The van der Waals surface area contributed by atoms with Crippen molar-refractivity contribution in [3.63, 3.8) is 0 Å². The Morgan fingerprint density at radius 3 is 1.88 bits per heavy atom. The molecular weight excluding hydrogens is 784 g/mol. The van der Waals surface area contributed by atoms with Crippen molar-refractivity contribution in [3.05, 3.63) is 71.5 Å². The molecule has 2 fully saturated rings. The van der Waals surface area contributed by atoms with Gasteiger partial charge in [0.2, 0.25) is 11.8 Å². The number of imidazole rings is 2. The number of methoxy groups -OCH3 is 2. The molecule has 4 aromatic rings. The lowest BCUT2D eigenvalue weighted by molar-refractivity contribution is -0.136. The maximum atomic E-state index is 13.9. The van der Waals surface area contributed by atoms with Gasteiger partial charge in [0.05, 0.1) is 56.2 Å². The molecule has 0 bridgehead atoms. The lowest BCUT2D eigenvalue weighted by Crippen LogP contribution is -2.51. The van der Waals surface area contributed by atoms with Gasteiger partial charge in [0.1, 0.15) is 23.7 Å². The highest BCUT2D eigenvalue weighted by Crippen LogP contribution is 2.40. The Kier molecular flexibility index (Phi) is 13.7. The summed E-state index contributed by atoms with van der Waals surface area (Å²) in [5, 5.41) is 5.66. The lowest BCUT2D eigenvalue weighted by Gasteiger charge is -2.30. The second-order valence-corrected chi connectivity index (χ2v) is 16.7. The number of amides is 4. The fraction of sp³-hybridized carbons (Fsp3) is 0.463. The zero-order valence-electron chi connectivity index (χ0n) is 33.7. The molecule has 2 aromatic carbocycles. The van der Waals surface area contributed by atoms with Crippen molar-refractivity contribution < 1.29 is 32.8 Å². The van der Waals surface area contributed by atoms with Crippen LogP contribution in [0.5, 0.6) is 0 Å². The molecule has 4 amide bonds. The van der Waals surface area contributed by atoms with Crippen LogP contribution in [-0.4, -0.2) is 105 Å². The van der Waals surface area contributed by atoms with Gasteiger partial charge in [0, 0.05) is 18.7 Å². The zero-order chi connectivity index (χ0) is 41.7. The maximum Gasteiger partial charge on any atom is 0.407 e. The van der Waals surface area contributed by atoms with Crippen LogP contribution in [0.3, 0.4) is 0 Å². The molecule has 0 saturated carbocycles. The van der Waals surface area contributed by atoms with E-state index in [9.17, 15) is 19.2 Å². The van der Waals surface area contributed by atoms with Gasteiger partial charge in [-0.1, -0.05) is 87.8 Å². The molecule has 0 unspecified atom stereocenters. The van der Waals surface area contributed by atoms with Crippen molar-refractivity contribution in [2.24, 2.45) is 11.8 Å². The second kappa shape index (κ2) is 18.7. The topological polar surface area (TPSA) is 184 Å². The SMILES string of the molecule is COS[C@H]1C[C@@H](c2nc(Cl)c(-c3ccc(-c4ccc(-c5cnc([C@@H]6CCCN6C(=O)[C@@H](NC(=O)OC)C(C)C)[nH]5)cc4)cc3)[nH]2)N(C(=O)[C@@H](NC(=O)OC)C(C)C)C1. The minimum Gasteiger partial charge on any atom is -0.453 e. The molecule has 0 spiro atoms. The summed E-state index contributed by atoms with van der Waals surface area (Å²) in [6, 6.07) is 14.0. The minimum absolute atomic E-state index is 0.00705. The third-order valence-corrected chi connectivity index (χ3v) is 11.8. The highest BCUT2D eigenvalue weighted by molar-refractivity contribution is 7.95. The summed E-state index contributed by atoms with van der Waals surface area (Å²) in [6.45, 7) is 8.52. The number of carbonyl (C=O) groups is 4. The number of aromatic nitrogens is 4. The number of halogens is 1. The van der Waals surface area contributed by atoms with Gasteiger partial charge in [0.15, 0.2) is 5.15 Å². The number of alkyl carbamates (subject to hydrolysis) is 2. The molecule has 310 valence electrons. The van der Waals surface area contributed by atoms with Crippen LogP contribution in [0, 0.1) is 11.8 Å². The first kappa shape index (κ1) is 42.5. The predicted molar refractivity (Wildman–Crippen MR) is 222 cm³/mol. The molecule has 5 atom stereocenters. The Labute approximate surface area is 347 Å². The van der Waals surface area contributed by atoms with E-state index in [1.165, 1.54) is 26.3 Å². The number of benzene rings is 2. The first-order chi connectivity index (χ1) is 27.8. The summed E-state index contributed by atoms with van der Waals surface area (Å²) in [6.07, 6.45) is 2.67. The van der Waals surface area contributed by atoms with Crippen LogP contribution in [0.2, 0.25) is 5.15 Å². The van der Waals surface area contributed by atoms with Gasteiger partial charge in [-0.3, -0.25) is 9.59 Å². The molecule has 2 aliphatic heterocycles. The highest BCUT2D eigenvalue weighted by atomic mass is 35.5. The number of H-pyrrole nitrogens is 2. The van der Waals surface area contributed by atoms with Gasteiger partial charge in [-0.2, -0.15) is 0 Å². The fourth-order valence-electron chi connectivity index (χ4n) is 7.62. The van der Waals surface area contributed by atoms with Crippen LogP contribution < -0.4 is 10.6 Å². The molecule has 0 aliphatic carbocycles. The van der Waals surface area contributed by atoms with Crippen molar-refractivity contribution in [1.29, 1.82) is 0 Å². The van der Waals surface area contributed by atoms with Crippen LogP contribution in [-0.2, 0) is 23.2 Å². The molecule has 0 radical (unpaired) electrons. The Morgan fingerprint density at radius 2 is 1.33 bits per heavy atom. The number of nitrogens with one attached hydrogen (secondary N) is 4. The normalized spacial score (nSPS) is 19.0. The van der Waals surface area contributed by atoms with Gasteiger partial charge in [-0.25, -0.2) is 19.6 Å². The average Bonchev–Trinajstić information content (AvgIpc) is 4.05. The van der Waals surface area contributed by atoms with E-state index in [1.54, 1.807) is 23.1 Å². The van der Waals surface area contributed by atoms with E-state index in [4.69, 9.17) is 25.3 Å². The van der Waals surface area contributed by atoms with Gasteiger partial charge in [-0.05, 0) is 59.8 Å². The number of hydrogen-bond donors (Lipinski definition) is 4. The van der Waals surface area contributed by atoms with E-state index in [0.29, 0.717) is 36.9 Å². The van der Waals surface area contributed by atoms with Crippen molar-refractivity contribution in [2.75, 3.05) is 34.4 Å². The molecule has 17 heteroatoms. The third-order valence-electron chi connectivity index (χ3n) is 10.7. The van der Waals surface area contributed by atoms with E-state index in [-0.39, 0.29) is 40.1 Å². The van der Waals surface area contributed by atoms with Crippen LogP contribution >= 0.6 is 23.6 Å². The van der Waals surface area contributed by atoms with Crippen LogP contribution in [0.4, 0.5) is 9.59 Å². The lowest BCUT2D eigenvalue weighted by atomic mass is 10.0. The Bertz CT molecular complexity index is 2070. The van der Waals surface area contributed by atoms with E-state index in [0.717, 1.165) is 40.8 Å². The Hall–Kier alpha value is -5.06. The first-order valence-corrected chi connectivity index (χ1v) is 20.5. The van der Waals surface area contributed by atoms with Gasteiger partial charge >= 0.3 is 12.2 Å². The zero-order valence-corrected chi connectivity index (χ0v) is 35.3. The maximum absolute atomic E-state index is 13.9. The van der Waals surface area contributed by atoms with Gasteiger partial charge in [0.25, 0.3) is 0 Å². The molecule has 4 heterocycles. The van der Waals surface area contributed by atoms with Crippen LogP contribution in [0.25, 0.3) is 33.6 Å². The van der Waals surface area contributed by atoms with Crippen LogP contribution in [0.1, 0.15) is 70.7 Å². The predicted octanol–water partition coefficient (Wildman–Crippen LogP) is 7.15. The average molecular weight is 835 g/mol. The summed E-state index contributed by atoms with van der Waals surface area (Å²) < 4.78 is 14.9. The van der Waals surface area contributed by atoms with E-state index >= 15 is 0 Å². The van der Waals surface area contributed by atoms with E-state index < -0.39 is 30.3 Å². The van der Waals surface area contributed by atoms with Crippen LogP contribution in [0.15, 0.2) is 54.7 Å². The molecule has 4 N–H and O–H groups in total. The number of nitrogens with zero attached hydrogens (tertiary/aromatic N) is 4. The summed E-state index contributed by atoms with van der Waals surface area (Å²) in [4.78, 5) is 71.2. The minimum atomic E-state index is -0.785. The van der Waals surface area contributed by atoms with Crippen molar-refractivity contribution in [3.8, 4) is 33.6 Å². The number of carbonyl (C=O) groups excluding carboxylic acids is 4. The number of aromatic amines is 2. The summed E-state index contributed by atoms with van der Waals surface area (Å²) in [5.41, 5.74) is 5.27. The Balaban J connectivity index is 1.15. The molecule has 2 aromatic heterocycles. The van der Waals surface area contributed by atoms with Crippen molar-refractivity contribution in [1.82, 2.24) is 40.4 Å². The number of ether oxygens (including phenoxy) is 2. The third kappa shape index (κ3) is 9.29. The molecule has 2 aliphatic rings. The summed E-state index contributed by atoms with van der Waals surface area (Å²) in [7, 11) is 4.15. The Morgan fingerprint density at radius 1 is 0.776 bits per heavy atom. The van der Waals surface area contributed by atoms with Gasteiger partial charge in [-0.15, -0.1) is 0 Å². The molecule has 2 saturated heterocycles. The van der Waals surface area contributed by atoms with Crippen molar-refractivity contribution in [2.45, 2.75) is 76.4 Å². The smallest absolute Gasteiger partial charge is 0.407 e. The largest absolute Gasteiger partial charge is 0.453 e. The standard InChI is InChI=1S/C41H51ClN8O7S/c1-22(2)32(46-40(53)55-5)38(51)49-18-8-9-30(49)36-43-20-29(44-36)26-14-10-24(11-15-26)25-12-16-27(17-13-25)34-35(42)48-37(45-34)31-19-28(58-57-7)21-50(31)39(52)33(23(3)4)47-41(54)56-6/h10-17,20,22-23,28,30-33H,8-9,18-19,21H2,1-7H3,(H,43,44)(H,45,48)(H,46,53)(H,47,54)/t28-,30-,31-,32-,33-/m0/s1. The van der Waals surface area contributed by atoms with Crippen molar-refractivity contribution >= 4 is 47.6 Å². The molecule has 58 heavy (non-hydrogen) atoms. The number of hydrogen-bond acceptors (Lipinski definition) is 10. The quantitative estimate of drug-likeness (QED) is 0.101. The second-order valence-electron chi connectivity index (χ2n) is 15.2. The highest BCUT2D eigenvalue weighted by Gasteiger charge is 2.42. The molecular formula is C41H51ClN8O7S. The first-order valence-electron chi connectivity index (χ1n) is 19.3. The summed E-state index contributed by atoms with van der Waals surface area (Å²) >= 11 is 8.04. The molecule has 6 rings (SSSR count). The van der Waals surface area contributed by atoms with E-state index in [1.807, 2.05) is 76.2 Å². The monoisotopic (exact) mass is 834 g/mol. The number of rotatable bonds is 13. The fourth-order valence-corrected chi connectivity index (χ4v) is 8.62. The van der Waals surface area contributed by atoms with Gasteiger partial charge < -0.3 is 44.1 Å². The molecule has 15 nitrogen and oxygen atoms in total. The van der Waals surface area contributed by atoms with E-state index in [2.05, 4.69) is 30.6 Å². The number of likely N-dealkylation sites (tertiary alicyclic amines) is 2.